The number of nitrogens with one attached hydrogen (secondary N) is 1. The van der Waals surface area contributed by atoms with E-state index in [1.165, 1.54) is 23.5 Å². The molecule has 27 heavy (non-hydrogen) atoms. The predicted molar refractivity (Wildman–Crippen MR) is 103 cm³/mol. The molecule has 2 aromatic heterocycles. The molecular formula is C21H14FNO3S. The second kappa shape index (κ2) is 6.81. The molecule has 0 unspecified atom stereocenters. The van der Waals surface area contributed by atoms with Gasteiger partial charge in [0.15, 0.2) is 5.76 Å². The van der Waals surface area contributed by atoms with E-state index in [2.05, 4.69) is 5.32 Å². The van der Waals surface area contributed by atoms with Crippen LogP contribution in [-0.2, 0) is 0 Å². The number of carbonyl (C=O) groups is 2. The van der Waals surface area contributed by atoms with Crippen LogP contribution < -0.4 is 5.32 Å². The standard InChI is InChI=1S/C21H14FNO3S/c1-12-8-9-13(11-15(12)22)19(24)20-18(14-5-2-3-6-16(14)26-20)23-21(25)17-7-4-10-27-17/h2-11H,1H3,(H,23,25). The van der Waals surface area contributed by atoms with E-state index in [1.807, 2.05) is 0 Å². The monoisotopic (exact) mass is 379 g/mol. The fourth-order valence-corrected chi connectivity index (χ4v) is 3.40. The number of para-hydroxylation sites is 1. The van der Waals surface area contributed by atoms with Gasteiger partial charge in [0.2, 0.25) is 5.78 Å². The largest absolute Gasteiger partial charge is 0.450 e. The number of rotatable bonds is 4. The smallest absolute Gasteiger partial charge is 0.265 e. The Hall–Kier alpha value is -3.25. The highest BCUT2D eigenvalue weighted by molar-refractivity contribution is 7.12. The fraction of sp³-hybridized carbons (Fsp3) is 0.0476. The number of amides is 1. The van der Waals surface area contributed by atoms with Crippen molar-refractivity contribution in [1.82, 2.24) is 0 Å². The van der Waals surface area contributed by atoms with E-state index in [0.717, 1.165) is 0 Å². The average Bonchev–Trinajstić information content (AvgIpc) is 3.32. The average molecular weight is 379 g/mol. The number of furan rings is 1. The van der Waals surface area contributed by atoms with Crippen LogP contribution in [0, 0.1) is 12.7 Å². The van der Waals surface area contributed by atoms with Gasteiger partial charge in [-0.15, -0.1) is 11.3 Å². The van der Waals surface area contributed by atoms with Crippen LogP contribution in [0.2, 0.25) is 0 Å². The molecule has 0 saturated carbocycles. The van der Waals surface area contributed by atoms with E-state index in [0.29, 0.717) is 21.4 Å². The van der Waals surface area contributed by atoms with Gasteiger partial charge < -0.3 is 9.73 Å². The summed E-state index contributed by atoms with van der Waals surface area (Å²) in [7, 11) is 0. The van der Waals surface area contributed by atoms with Gasteiger partial charge in [0.05, 0.1) is 10.6 Å². The summed E-state index contributed by atoms with van der Waals surface area (Å²) < 4.78 is 19.6. The summed E-state index contributed by atoms with van der Waals surface area (Å²) in [4.78, 5) is 26.0. The number of hydrogen-bond acceptors (Lipinski definition) is 4. The summed E-state index contributed by atoms with van der Waals surface area (Å²) in [6.07, 6.45) is 0. The number of benzene rings is 2. The molecule has 0 spiro atoms. The van der Waals surface area contributed by atoms with Crippen LogP contribution in [-0.4, -0.2) is 11.7 Å². The molecule has 0 radical (unpaired) electrons. The lowest BCUT2D eigenvalue weighted by molar-refractivity contribution is 0.101. The Labute approximate surface area is 158 Å². The summed E-state index contributed by atoms with van der Waals surface area (Å²) in [5, 5.41) is 5.18. The summed E-state index contributed by atoms with van der Waals surface area (Å²) in [5.41, 5.74) is 1.36. The number of aryl methyl sites for hydroxylation is 1. The molecule has 0 aliphatic heterocycles. The molecule has 1 N–H and O–H groups in total. The van der Waals surface area contributed by atoms with Crippen LogP contribution in [0.15, 0.2) is 64.4 Å². The molecule has 0 aliphatic carbocycles. The lowest BCUT2D eigenvalue weighted by Gasteiger charge is -2.06. The van der Waals surface area contributed by atoms with E-state index in [4.69, 9.17) is 4.42 Å². The lowest BCUT2D eigenvalue weighted by Crippen LogP contribution is -2.13. The Bertz CT molecular complexity index is 1160. The normalized spacial score (nSPS) is 10.9. The van der Waals surface area contributed by atoms with Gasteiger partial charge in [-0.25, -0.2) is 4.39 Å². The Kier molecular flexibility index (Phi) is 4.33. The van der Waals surface area contributed by atoms with Crippen molar-refractivity contribution in [3.8, 4) is 0 Å². The maximum Gasteiger partial charge on any atom is 0.265 e. The molecule has 1 amide bonds. The van der Waals surface area contributed by atoms with Gasteiger partial charge in [-0.1, -0.05) is 30.3 Å². The van der Waals surface area contributed by atoms with E-state index in [1.54, 1.807) is 54.8 Å². The van der Waals surface area contributed by atoms with Gasteiger partial charge in [0.25, 0.3) is 5.91 Å². The van der Waals surface area contributed by atoms with Crippen molar-refractivity contribution in [2.45, 2.75) is 6.92 Å². The third-order valence-electron chi connectivity index (χ3n) is 4.22. The second-order valence-electron chi connectivity index (χ2n) is 6.03. The first kappa shape index (κ1) is 17.2. The van der Waals surface area contributed by atoms with Crippen molar-refractivity contribution < 1.29 is 18.4 Å². The SMILES string of the molecule is Cc1ccc(C(=O)c2oc3ccccc3c2NC(=O)c2cccs2)cc1F. The molecule has 0 bridgehead atoms. The third kappa shape index (κ3) is 3.15. The van der Waals surface area contributed by atoms with Gasteiger partial charge in [-0.2, -0.15) is 0 Å². The molecule has 134 valence electrons. The van der Waals surface area contributed by atoms with E-state index in [9.17, 15) is 14.0 Å². The molecule has 0 fully saturated rings. The molecule has 0 saturated heterocycles. The van der Waals surface area contributed by atoms with Crippen LogP contribution >= 0.6 is 11.3 Å². The van der Waals surface area contributed by atoms with E-state index < -0.39 is 11.6 Å². The number of thiophene rings is 1. The molecule has 0 atom stereocenters. The maximum atomic E-state index is 13.9. The van der Waals surface area contributed by atoms with Crippen LogP contribution in [0.1, 0.15) is 31.4 Å². The first-order valence-electron chi connectivity index (χ1n) is 8.22. The maximum absolute atomic E-state index is 13.9. The van der Waals surface area contributed by atoms with Crippen molar-refractivity contribution in [2.24, 2.45) is 0 Å². The summed E-state index contributed by atoms with van der Waals surface area (Å²) >= 11 is 1.30. The Morgan fingerprint density at radius 3 is 2.63 bits per heavy atom. The van der Waals surface area contributed by atoms with Gasteiger partial charge in [0.1, 0.15) is 11.4 Å². The Balaban J connectivity index is 1.81. The Morgan fingerprint density at radius 1 is 1.07 bits per heavy atom. The molecule has 4 nitrogen and oxygen atoms in total. The minimum atomic E-state index is -0.494. The fourth-order valence-electron chi connectivity index (χ4n) is 2.78. The topological polar surface area (TPSA) is 59.3 Å². The van der Waals surface area contributed by atoms with Crippen LogP contribution in [0.3, 0.4) is 0 Å². The van der Waals surface area contributed by atoms with Gasteiger partial charge in [0, 0.05) is 10.9 Å². The van der Waals surface area contributed by atoms with Crippen molar-refractivity contribution in [1.29, 1.82) is 0 Å². The van der Waals surface area contributed by atoms with Crippen LogP contribution in [0.5, 0.6) is 0 Å². The van der Waals surface area contributed by atoms with Crippen molar-refractivity contribution in [3.05, 3.63) is 87.6 Å². The molecule has 2 heterocycles. The zero-order valence-corrected chi connectivity index (χ0v) is 15.1. The van der Waals surface area contributed by atoms with Crippen molar-refractivity contribution >= 4 is 39.7 Å². The third-order valence-corrected chi connectivity index (χ3v) is 5.09. The van der Waals surface area contributed by atoms with Crippen molar-refractivity contribution in [2.75, 3.05) is 5.32 Å². The summed E-state index contributed by atoms with van der Waals surface area (Å²) in [6.45, 7) is 1.62. The van der Waals surface area contributed by atoms with Crippen LogP contribution in [0.25, 0.3) is 11.0 Å². The highest BCUT2D eigenvalue weighted by Crippen LogP contribution is 2.33. The second-order valence-corrected chi connectivity index (χ2v) is 6.97. The first-order valence-corrected chi connectivity index (χ1v) is 9.10. The Morgan fingerprint density at radius 2 is 1.89 bits per heavy atom. The number of halogens is 1. The molecule has 0 aliphatic rings. The highest BCUT2D eigenvalue weighted by Gasteiger charge is 2.24. The van der Waals surface area contributed by atoms with Gasteiger partial charge in [-0.3, -0.25) is 9.59 Å². The zero-order valence-electron chi connectivity index (χ0n) is 14.3. The number of anilines is 1. The van der Waals surface area contributed by atoms with E-state index in [-0.39, 0.29) is 22.9 Å². The molecule has 4 rings (SSSR count). The quantitative estimate of drug-likeness (QED) is 0.481. The molecule has 4 aromatic rings. The number of fused-ring (bicyclic) bond motifs is 1. The highest BCUT2D eigenvalue weighted by atomic mass is 32.1. The minimum Gasteiger partial charge on any atom is -0.450 e. The summed E-state index contributed by atoms with van der Waals surface area (Å²) in [6, 6.07) is 14.8. The number of hydrogen-bond donors (Lipinski definition) is 1. The van der Waals surface area contributed by atoms with E-state index >= 15 is 0 Å². The number of carbonyl (C=O) groups excluding carboxylic acids is 2. The lowest BCUT2D eigenvalue weighted by atomic mass is 10.0. The molecular weight excluding hydrogens is 365 g/mol. The van der Waals surface area contributed by atoms with Crippen molar-refractivity contribution in [3.63, 3.8) is 0 Å². The minimum absolute atomic E-state index is 0.0237. The predicted octanol–water partition coefficient (Wildman–Crippen LogP) is 5.43. The van der Waals surface area contributed by atoms with Gasteiger partial charge >= 0.3 is 0 Å². The van der Waals surface area contributed by atoms with Gasteiger partial charge in [-0.05, 0) is 42.1 Å². The van der Waals surface area contributed by atoms with Crippen LogP contribution in [0.4, 0.5) is 10.1 Å². The zero-order chi connectivity index (χ0) is 19.0. The molecule has 6 heteroatoms. The first-order chi connectivity index (χ1) is 13.0. The number of ketones is 1. The summed E-state index contributed by atoms with van der Waals surface area (Å²) in [5.74, 6) is -1.32. The molecule has 2 aromatic carbocycles.